The molecule has 0 N–H and O–H groups in total. The number of rotatable bonds is 4. The van der Waals surface area contributed by atoms with E-state index in [-0.39, 0.29) is 5.41 Å². The van der Waals surface area contributed by atoms with Gasteiger partial charge in [0.2, 0.25) is 0 Å². The lowest BCUT2D eigenvalue weighted by Gasteiger charge is -2.35. The molecule has 0 atom stereocenters. The van der Waals surface area contributed by atoms with E-state index in [1.54, 1.807) is 0 Å². The Morgan fingerprint density at radius 1 is 0.309 bits per heavy atom. The van der Waals surface area contributed by atoms with Crippen molar-refractivity contribution < 1.29 is 4.74 Å². The second-order valence-corrected chi connectivity index (χ2v) is 19.2. The Bertz CT molecular complexity index is 3710. The Hall–Kier alpha value is -8.46. The first-order chi connectivity index (χ1) is 33.5. The molecular formula is C66H45NO. The van der Waals surface area contributed by atoms with Crippen molar-refractivity contribution in [1.82, 2.24) is 0 Å². The average molecular weight is 868 g/mol. The topological polar surface area (TPSA) is 12.5 Å². The third kappa shape index (κ3) is 5.46. The zero-order chi connectivity index (χ0) is 45.1. The van der Waals surface area contributed by atoms with Crippen LogP contribution in [-0.2, 0) is 10.8 Å². The number of ether oxygens (including phenoxy) is 1. The first kappa shape index (κ1) is 38.8. The van der Waals surface area contributed by atoms with E-state index in [1.807, 2.05) is 6.07 Å². The molecule has 68 heavy (non-hydrogen) atoms. The fraction of sp³-hybridized carbons (Fsp3) is 0.0606. The van der Waals surface area contributed by atoms with E-state index in [9.17, 15) is 0 Å². The molecule has 0 saturated carbocycles. The number of para-hydroxylation sites is 2. The number of nitrogens with zero attached hydrogens (tertiary/aromatic N) is 1. The Labute approximate surface area is 397 Å². The van der Waals surface area contributed by atoms with Crippen LogP contribution in [0, 0.1) is 0 Å². The zero-order valence-corrected chi connectivity index (χ0v) is 37.9. The molecule has 3 aliphatic carbocycles. The molecule has 14 rings (SSSR count). The summed E-state index contributed by atoms with van der Waals surface area (Å²) in [6.07, 6.45) is 4.59. The number of fused-ring (bicyclic) bond motifs is 17. The molecule has 320 valence electrons. The summed E-state index contributed by atoms with van der Waals surface area (Å²) in [5.41, 5.74) is 25.3. The van der Waals surface area contributed by atoms with Crippen LogP contribution in [0.5, 0.6) is 11.5 Å². The average Bonchev–Trinajstić information content (AvgIpc) is 3.66. The molecule has 0 saturated heterocycles. The molecule has 2 heteroatoms. The molecular weight excluding hydrogens is 823 g/mol. The monoisotopic (exact) mass is 867 g/mol. The van der Waals surface area contributed by atoms with Crippen LogP contribution in [0.25, 0.3) is 67.8 Å². The summed E-state index contributed by atoms with van der Waals surface area (Å²) >= 11 is 0. The van der Waals surface area contributed by atoms with E-state index in [4.69, 9.17) is 4.74 Å². The Morgan fingerprint density at radius 2 is 0.779 bits per heavy atom. The highest BCUT2D eigenvalue weighted by Crippen LogP contribution is 2.59. The second-order valence-electron chi connectivity index (χ2n) is 19.2. The molecule has 10 aromatic rings. The largest absolute Gasteiger partial charge is 0.456 e. The van der Waals surface area contributed by atoms with Gasteiger partial charge in [0.1, 0.15) is 11.5 Å². The van der Waals surface area contributed by atoms with Gasteiger partial charge in [-0.15, -0.1) is 0 Å². The number of hydrogen-bond donors (Lipinski definition) is 0. The van der Waals surface area contributed by atoms with Crippen LogP contribution in [0.3, 0.4) is 0 Å². The minimum absolute atomic E-state index is 0.145. The van der Waals surface area contributed by atoms with Gasteiger partial charge in [-0.2, -0.15) is 0 Å². The Kier molecular flexibility index (Phi) is 8.28. The van der Waals surface area contributed by atoms with Gasteiger partial charge in [-0.1, -0.05) is 196 Å². The summed E-state index contributed by atoms with van der Waals surface area (Å²) in [5, 5.41) is 0. The number of hydrogen-bond acceptors (Lipinski definition) is 2. The van der Waals surface area contributed by atoms with Crippen LogP contribution < -0.4 is 9.64 Å². The minimum Gasteiger partial charge on any atom is -0.456 e. The molecule has 10 aromatic carbocycles. The van der Waals surface area contributed by atoms with Crippen LogP contribution in [0.2, 0.25) is 0 Å². The molecule has 0 bridgehead atoms. The molecule has 2 nitrogen and oxygen atoms in total. The van der Waals surface area contributed by atoms with Gasteiger partial charge in [-0.05, 0) is 144 Å². The van der Waals surface area contributed by atoms with Crippen molar-refractivity contribution in [2.24, 2.45) is 0 Å². The molecule has 0 fully saturated rings. The maximum absolute atomic E-state index is 6.61. The smallest absolute Gasteiger partial charge is 0.135 e. The minimum atomic E-state index is -0.445. The highest BCUT2D eigenvalue weighted by Gasteiger charge is 2.48. The third-order valence-corrected chi connectivity index (χ3v) is 15.3. The standard InChI is InChI=1S/C66H45NO/c1-65(2)59-23-11-5-17-50(59)52-37-35-48(41-62(52)65)67(47-34-36-49-53-19-7-13-25-63(53)68-64-26-14-8-20-54(64)55(49)40-47)46-32-29-42(30-33-46)45-31-38-61-56(39-45)51-18-6-12-24-60(51)66(61)57-21-9-3-15-43(57)27-28-44-16-4-10-22-58(44)66/h3-41H,1-2H3. The molecule has 0 radical (unpaired) electrons. The van der Waals surface area contributed by atoms with Crippen molar-refractivity contribution in [3.05, 3.63) is 269 Å². The van der Waals surface area contributed by atoms with Gasteiger partial charge < -0.3 is 9.64 Å². The molecule has 0 unspecified atom stereocenters. The van der Waals surface area contributed by atoms with E-state index in [2.05, 4.69) is 249 Å². The maximum atomic E-state index is 6.61. The summed E-state index contributed by atoms with van der Waals surface area (Å²) in [6, 6.07) is 83.0. The van der Waals surface area contributed by atoms with Crippen LogP contribution in [0.4, 0.5) is 17.1 Å². The van der Waals surface area contributed by atoms with Crippen molar-refractivity contribution in [2.75, 3.05) is 4.90 Å². The van der Waals surface area contributed by atoms with E-state index < -0.39 is 5.41 Å². The lowest BCUT2D eigenvalue weighted by Crippen LogP contribution is -2.29. The van der Waals surface area contributed by atoms with E-state index >= 15 is 0 Å². The molecule has 4 aliphatic rings. The fourth-order valence-electron chi connectivity index (χ4n) is 12.2. The number of benzene rings is 10. The quantitative estimate of drug-likeness (QED) is 0.175. The molecule has 0 amide bonds. The van der Waals surface area contributed by atoms with E-state index in [0.29, 0.717) is 0 Å². The molecule has 1 heterocycles. The predicted octanol–water partition coefficient (Wildman–Crippen LogP) is 17.4. The van der Waals surface area contributed by atoms with Gasteiger partial charge in [0.15, 0.2) is 0 Å². The predicted molar refractivity (Wildman–Crippen MR) is 281 cm³/mol. The Morgan fingerprint density at radius 3 is 1.46 bits per heavy atom. The summed E-state index contributed by atoms with van der Waals surface area (Å²) in [4.78, 5) is 2.43. The van der Waals surface area contributed by atoms with Gasteiger partial charge in [-0.25, -0.2) is 0 Å². The van der Waals surface area contributed by atoms with Crippen LogP contribution in [0.15, 0.2) is 224 Å². The van der Waals surface area contributed by atoms with Crippen molar-refractivity contribution in [3.8, 4) is 67.1 Å². The summed E-state index contributed by atoms with van der Waals surface area (Å²) < 4.78 is 6.61. The van der Waals surface area contributed by atoms with Gasteiger partial charge in [0.05, 0.1) is 5.41 Å². The van der Waals surface area contributed by atoms with Crippen LogP contribution in [-0.4, -0.2) is 0 Å². The van der Waals surface area contributed by atoms with Gasteiger partial charge in [-0.3, -0.25) is 0 Å². The lowest BCUT2D eigenvalue weighted by molar-refractivity contribution is 0.488. The second kappa shape index (κ2) is 14.5. The Balaban J connectivity index is 0.923. The maximum Gasteiger partial charge on any atom is 0.135 e. The van der Waals surface area contributed by atoms with Crippen molar-refractivity contribution in [1.29, 1.82) is 0 Å². The first-order valence-electron chi connectivity index (χ1n) is 23.7. The molecule has 1 aliphatic heterocycles. The van der Waals surface area contributed by atoms with Gasteiger partial charge >= 0.3 is 0 Å². The highest BCUT2D eigenvalue weighted by molar-refractivity contribution is 5.96. The number of anilines is 3. The molecule has 1 spiro atoms. The summed E-state index contributed by atoms with van der Waals surface area (Å²) in [5.74, 6) is 1.72. The summed E-state index contributed by atoms with van der Waals surface area (Å²) in [7, 11) is 0. The normalized spacial score (nSPS) is 14.3. The van der Waals surface area contributed by atoms with Crippen molar-refractivity contribution in [2.45, 2.75) is 24.7 Å². The SMILES string of the molecule is CC1(C)c2ccccc2-c2ccc(N(c3ccc(-c4ccc5c(c4)-c4ccccc4C54c5ccccc5C=Cc5ccccc54)cc3)c3ccc4c(c3)-c3ccccc3Oc3ccccc3-4)cc21. The van der Waals surface area contributed by atoms with Crippen LogP contribution in [0.1, 0.15) is 58.4 Å². The highest BCUT2D eigenvalue weighted by atomic mass is 16.5. The van der Waals surface area contributed by atoms with Gasteiger partial charge in [0.25, 0.3) is 0 Å². The van der Waals surface area contributed by atoms with Crippen LogP contribution >= 0.6 is 0 Å². The third-order valence-electron chi connectivity index (χ3n) is 15.3. The first-order valence-corrected chi connectivity index (χ1v) is 23.7. The summed E-state index contributed by atoms with van der Waals surface area (Å²) in [6.45, 7) is 4.72. The zero-order valence-electron chi connectivity index (χ0n) is 37.9. The van der Waals surface area contributed by atoms with E-state index in [0.717, 1.165) is 50.8 Å². The van der Waals surface area contributed by atoms with E-state index in [1.165, 1.54) is 77.9 Å². The lowest BCUT2D eigenvalue weighted by atomic mass is 9.66. The van der Waals surface area contributed by atoms with Crippen molar-refractivity contribution >= 4 is 29.2 Å². The van der Waals surface area contributed by atoms with Crippen molar-refractivity contribution in [3.63, 3.8) is 0 Å². The fourth-order valence-corrected chi connectivity index (χ4v) is 12.2. The molecule has 0 aromatic heterocycles. The van der Waals surface area contributed by atoms with Gasteiger partial charge in [0, 0.05) is 33.6 Å².